The first kappa shape index (κ1) is 12.0. The van der Waals surface area contributed by atoms with Crippen molar-refractivity contribution in [2.45, 2.75) is 6.42 Å². The van der Waals surface area contributed by atoms with Gasteiger partial charge in [-0.25, -0.2) is 9.78 Å². The third-order valence-electron chi connectivity index (χ3n) is 2.21. The fourth-order valence-corrected chi connectivity index (χ4v) is 1.72. The average molecular weight is 271 g/mol. The van der Waals surface area contributed by atoms with Gasteiger partial charge >= 0.3 is 5.97 Å². The number of hydrogen-bond donors (Lipinski definition) is 2. The molecule has 1 aromatic heterocycles. The zero-order chi connectivity index (χ0) is 12.4. The molecule has 2 N–H and O–H groups in total. The molecular weight excluding hydrogens is 263 g/mol. The number of carbonyl (C=O) groups is 1. The van der Waals surface area contributed by atoms with Crippen LogP contribution in [0.4, 0.5) is 0 Å². The summed E-state index contributed by atoms with van der Waals surface area (Å²) in [6, 6.07) is 5.24. The summed E-state index contributed by atoms with van der Waals surface area (Å²) in [5, 5.41) is 9.69. The molecule has 0 saturated heterocycles. The van der Waals surface area contributed by atoms with Crippen LogP contribution in [-0.4, -0.2) is 21.0 Å². The van der Waals surface area contributed by atoms with Crippen molar-refractivity contribution < 1.29 is 9.90 Å². The van der Waals surface area contributed by atoms with Crippen molar-refractivity contribution in [3.8, 4) is 0 Å². The number of rotatable bonds is 3. The van der Waals surface area contributed by atoms with Crippen LogP contribution in [0.2, 0.25) is 10.0 Å². The predicted octanol–water partition coefficient (Wildman–Crippen LogP) is 3.01. The highest BCUT2D eigenvalue weighted by molar-refractivity contribution is 6.42. The number of nitrogens with zero attached hydrogens (tertiary/aromatic N) is 1. The third-order valence-corrected chi connectivity index (χ3v) is 2.95. The van der Waals surface area contributed by atoms with Crippen LogP contribution < -0.4 is 0 Å². The molecule has 1 aromatic carbocycles. The normalized spacial score (nSPS) is 10.5. The first-order chi connectivity index (χ1) is 8.06. The highest BCUT2D eigenvalue weighted by Gasteiger charge is 2.08. The molecule has 0 saturated carbocycles. The van der Waals surface area contributed by atoms with Gasteiger partial charge in [0.1, 0.15) is 11.5 Å². The van der Waals surface area contributed by atoms with E-state index in [-0.39, 0.29) is 5.69 Å². The van der Waals surface area contributed by atoms with Crippen molar-refractivity contribution >= 4 is 29.2 Å². The third kappa shape index (κ3) is 2.78. The molecule has 6 heteroatoms. The van der Waals surface area contributed by atoms with Gasteiger partial charge in [0.25, 0.3) is 0 Å². The van der Waals surface area contributed by atoms with E-state index in [1.165, 1.54) is 6.20 Å². The van der Waals surface area contributed by atoms with Crippen LogP contribution >= 0.6 is 23.2 Å². The number of benzene rings is 1. The average Bonchev–Trinajstić information content (AvgIpc) is 2.72. The van der Waals surface area contributed by atoms with Crippen LogP contribution in [0.15, 0.2) is 24.4 Å². The molecule has 0 unspecified atom stereocenters. The molecule has 0 atom stereocenters. The molecule has 2 aromatic rings. The Labute approximate surface area is 107 Å². The summed E-state index contributed by atoms with van der Waals surface area (Å²) < 4.78 is 0. The van der Waals surface area contributed by atoms with E-state index in [0.717, 1.165) is 5.56 Å². The monoisotopic (exact) mass is 270 g/mol. The predicted molar refractivity (Wildman–Crippen MR) is 64.8 cm³/mol. The van der Waals surface area contributed by atoms with Gasteiger partial charge in [-0.3, -0.25) is 0 Å². The Morgan fingerprint density at radius 2 is 2.12 bits per heavy atom. The van der Waals surface area contributed by atoms with Gasteiger partial charge in [0.05, 0.1) is 16.2 Å². The van der Waals surface area contributed by atoms with Crippen LogP contribution in [0.25, 0.3) is 0 Å². The largest absolute Gasteiger partial charge is 0.477 e. The van der Waals surface area contributed by atoms with Gasteiger partial charge in [-0.15, -0.1) is 0 Å². The standard InChI is InChI=1S/C11H8Cl2N2O2/c12-7-2-1-6(3-8(7)13)4-10-14-5-9(15-10)11(16)17/h1-3,5H,4H2,(H,14,15)(H,16,17). The second-order valence-electron chi connectivity index (χ2n) is 3.47. The second kappa shape index (κ2) is 4.77. The first-order valence-electron chi connectivity index (χ1n) is 4.77. The quantitative estimate of drug-likeness (QED) is 0.901. The summed E-state index contributed by atoms with van der Waals surface area (Å²) in [7, 11) is 0. The number of nitrogens with one attached hydrogen (secondary N) is 1. The van der Waals surface area contributed by atoms with E-state index in [9.17, 15) is 4.79 Å². The second-order valence-corrected chi connectivity index (χ2v) is 4.29. The molecule has 0 bridgehead atoms. The van der Waals surface area contributed by atoms with Crippen molar-refractivity contribution in [1.29, 1.82) is 0 Å². The topological polar surface area (TPSA) is 66.0 Å². The van der Waals surface area contributed by atoms with Crippen molar-refractivity contribution in [3.63, 3.8) is 0 Å². The maximum Gasteiger partial charge on any atom is 0.353 e. The molecule has 4 nitrogen and oxygen atoms in total. The van der Waals surface area contributed by atoms with Crippen molar-refractivity contribution in [2.75, 3.05) is 0 Å². The van der Waals surface area contributed by atoms with E-state index in [0.29, 0.717) is 22.3 Å². The maximum absolute atomic E-state index is 10.7. The minimum Gasteiger partial charge on any atom is -0.477 e. The fraction of sp³-hybridized carbons (Fsp3) is 0.0909. The number of aromatic carboxylic acids is 1. The summed E-state index contributed by atoms with van der Waals surface area (Å²) in [5.74, 6) is -0.460. The molecule has 0 radical (unpaired) electrons. The Morgan fingerprint density at radius 1 is 1.35 bits per heavy atom. The Balaban J connectivity index is 2.19. The Morgan fingerprint density at radius 3 is 2.71 bits per heavy atom. The van der Waals surface area contributed by atoms with Crippen molar-refractivity contribution in [2.24, 2.45) is 0 Å². The number of aromatic nitrogens is 2. The number of aromatic amines is 1. The summed E-state index contributed by atoms with van der Waals surface area (Å²) in [5.41, 5.74) is 0.978. The lowest BCUT2D eigenvalue weighted by molar-refractivity contribution is 0.0691. The van der Waals surface area contributed by atoms with Gasteiger partial charge in [-0.1, -0.05) is 29.3 Å². The molecule has 0 fully saturated rings. The molecule has 88 valence electrons. The Bertz CT molecular complexity index is 566. The van der Waals surface area contributed by atoms with Gasteiger partial charge in [0, 0.05) is 6.42 Å². The number of hydrogen-bond acceptors (Lipinski definition) is 2. The SMILES string of the molecule is O=C(O)c1cnc(Cc2ccc(Cl)c(Cl)c2)[nH]1. The Hall–Kier alpha value is -1.52. The molecule has 0 amide bonds. The lowest BCUT2D eigenvalue weighted by Crippen LogP contribution is -1.97. The molecular formula is C11H8Cl2N2O2. The van der Waals surface area contributed by atoms with Crippen LogP contribution in [0, 0.1) is 0 Å². The van der Waals surface area contributed by atoms with Crippen molar-refractivity contribution in [1.82, 2.24) is 9.97 Å². The smallest absolute Gasteiger partial charge is 0.353 e. The number of carboxylic acids is 1. The fourth-order valence-electron chi connectivity index (χ4n) is 1.40. The number of H-pyrrole nitrogens is 1. The summed E-state index contributed by atoms with van der Waals surface area (Å²) in [4.78, 5) is 17.3. The summed E-state index contributed by atoms with van der Waals surface area (Å²) >= 11 is 11.7. The van der Waals surface area contributed by atoms with Crippen LogP contribution in [-0.2, 0) is 6.42 Å². The number of halogens is 2. The van der Waals surface area contributed by atoms with Gasteiger partial charge in [0.15, 0.2) is 0 Å². The first-order valence-corrected chi connectivity index (χ1v) is 5.53. The maximum atomic E-state index is 10.7. The molecule has 2 rings (SSSR count). The van der Waals surface area contributed by atoms with E-state index in [1.807, 2.05) is 6.07 Å². The molecule has 0 aliphatic heterocycles. The summed E-state index contributed by atoms with van der Waals surface area (Å²) in [6.07, 6.45) is 1.76. The van der Waals surface area contributed by atoms with E-state index in [2.05, 4.69) is 9.97 Å². The highest BCUT2D eigenvalue weighted by Crippen LogP contribution is 2.23. The van der Waals surface area contributed by atoms with E-state index in [4.69, 9.17) is 28.3 Å². The molecule has 1 heterocycles. The number of carboxylic acid groups (broad SMARTS) is 1. The summed E-state index contributed by atoms with van der Waals surface area (Å²) in [6.45, 7) is 0. The number of imidazole rings is 1. The molecule has 0 spiro atoms. The van der Waals surface area contributed by atoms with Gasteiger partial charge in [-0.2, -0.15) is 0 Å². The van der Waals surface area contributed by atoms with Gasteiger partial charge in [0.2, 0.25) is 0 Å². The van der Waals surface area contributed by atoms with E-state index in [1.54, 1.807) is 12.1 Å². The lowest BCUT2D eigenvalue weighted by atomic mass is 10.1. The van der Waals surface area contributed by atoms with Crippen LogP contribution in [0.5, 0.6) is 0 Å². The lowest BCUT2D eigenvalue weighted by Gasteiger charge is -2.00. The Kier molecular flexibility index (Phi) is 3.36. The van der Waals surface area contributed by atoms with E-state index >= 15 is 0 Å². The van der Waals surface area contributed by atoms with Gasteiger partial charge < -0.3 is 10.1 Å². The minimum atomic E-state index is -1.03. The zero-order valence-electron chi connectivity index (χ0n) is 8.58. The minimum absolute atomic E-state index is 0.0695. The zero-order valence-corrected chi connectivity index (χ0v) is 10.1. The van der Waals surface area contributed by atoms with Crippen molar-refractivity contribution in [3.05, 3.63) is 51.5 Å². The molecule has 0 aliphatic rings. The molecule has 0 aliphatic carbocycles. The van der Waals surface area contributed by atoms with Crippen LogP contribution in [0.1, 0.15) is 21.9 Å². The molecule has 17 heavy (non-hydrogen) atoms. The van der Waals surface area contributed by atoms with Gasteiger partial charge in [-0.05, 0) is 17.7 Å². The van der Waals surface area contributed by atoms with E-state index < -0.39 is 5.97 Å². The highest BCUT2D eigenvalue weighted by atomic mass is 35.5. The van der Waals surface area contributed by atoms with Crippen LogP contribution in [0.3, 0.4) is 0 Å².